The third-order valence-electron chi connectivity index (χ3n) is 3.91. The first-order chi connectivity index (χ1) is 11.1. The van der Waals surface area contributed by atoms with Gasteiger partial charge in [0.25, 0.3) is 0 Å². The Kier molecular flexibility index (Phi) is 8.77. The number of nitrogens with zero attached hydrogens (tertiary/aromatic N) is 2. The van der Waals surface area contributed by atoms with E-state index in [4.69, 9.17) is 11.5 Å². The summed E-state index contributed by atoms with van der Waals surface area (Å²) in [6.07, 6.45) is -0.333. The Balaban J connectivity index is 0.000000405. The van der Waals surface area contributed by atoms with Crippen LogP contribution in [0.1, 0.15) is 54.4 Å². The minimum atomic E-state index is -0.502. The van der Waals surface area contributed by atoms with Crippen molar-refractivity contribution in [2.24, 2.45) is 23.3 Å². The highest BCUT2D eigenvalue weighted by Crippen LogP contribution is 2.25. The van der Waals surface area contributed by atoms with Gasteiger partial charge in [-0.1, -0.05) is 27.7 Å². The predicted octanol–water partition coefficient (Wildman–Crippen LogP) is 0.398. The van der Waals surface area contributed by atoms with Crippen LogP contribution in [0.3, 0.4) is 0 Å². The summed E-state index contributed by atoms with van der Waals surface area (Å²) in [5.74, 6) is -1.04. The first-order valence-electron chi connectivity index (χ1n) is 8.32. The van der Waals surface area contributed by atoms with Crippen molar-refractivity contribution in [3.05, 3.63) is 0 Å². The van der Waals surface area contributed by atoms with Gasteiger partial charge in [0.2, 0.25) is 23.6 Å². The highest BCUT2D eigenvalue weighted by Gasteiger charge is 2.43. The summed E-state index contributed by atoms with van der Waals surface area (Å²) in [5, 5.41) is 0. The van der Waals surface area contributed by atoms with E-state index >= 15 is 0 Å². The number of likely N-dealkylation sites (tertiary alicyclic amines) is 2. The highest BCUT2D eigenvalue weighted by atomic mass is 16.2. The first kappa shape index (κ1) is 22.2. The normalized spacial score (nSPS) is 25.8. The van der Waals surface area contributed by atoms with Gasteiger partial charge in [-0.3, -0.25) is 29.0 Å². The monoisotopic (exact) mass is 342 g/mol. The number of hydrogen-bond donors (Lipinski definition) is 2. The zero-order chi connectivity index (χ0) is 19.2. The van der Waals surface area contributed by atoms with Gasteiger partial charge in [0.15, 0.2) is 0 Å². The highest BCUT2D eigenvalue weighted by molar-refractivity contribution is 6.05. The van der Waals surface area contributed by atoms with E-state index < -0.39 is 12.3 Å². The zero-order valence-corrected chi connectivity index (χ0v) is 15.4. The molecule has 2 fully saturated rings. The molecule has 0 saturated carbocycles. The van der Waals surface area contributed by atoms with Gasteiger partial charge in [-0.15, -0.1) is 0 Å². The van der Waals surface area contributed by atoms with Gasteiger partial charge in [-0.25, -0.2) is 0 Å². The SMILES string of the molecule is CC.CC(N)N1C(=O)CCC1=O.CC(N)N1C(=O)[C@@H](C)[C@@H](C)C1=O. The molecule has 8 nitrogen and oxygen atoms in total. The number of amides is 4. The Morgan fingerprint density at radius 1 is 0.792 bits per heavy atom. The Morgan fingerprint density at radius 3 is 1.25 bits per heavy atom. The van der Waals surface area contributed by atoms with Crippen LogP contribution in [0, 0.1) is 11.8 Å². The van der Waals surface area contributed by atoms with Crippen LogP contribution in [-0.4, -0.2) is 45.8 Å². The molecule has 4 N–H and O–H groups in total. The molecule has 2 aliphatic rings. The Labute approximate surface area is 143 Å². The fourth-order valence-corrected chi connectivity index (χ4v) is 2.42. The van der Waals surface area contributed by atoms with E-state index in [0.717, 1.165) is 9.80 Å². The summed E-state index contributed by atoms with van der Waals surface area (Å²) >= 11 is 0. The summed E-state index contributed by atoms with van der Waals surface area (Å²) in [7, 11) is 0. The Bertz CT molecular complexity index is 454. The smallest absolute Gasteiger partial charge is 0.234 e. The molecule has 0 aromatic carbocycles. The van der Waals surface area contributed by atoms with Crippen molar-refractivity contribution >= 4 is 23.6 Å². The maximum Gasteiger partial charge on any atom is 0.234 e. The van der Waals surface area contributed by atoms with Crippen molar-refractivity contribution in [3.8, 4) is 0 Å². The molecule has 24 heavy (non-hydrogen) atoms. The minimum Gasteiger partial charge on any atom is -0.311 e. The summed E-state index contributed by atoms with van der Waals surface area (Å²) in [5.41, 5.74) is 10.8. The third kappa shape index (κ3) is 4.85. The molecule has 0 radical (unpaired) electrons. The van der Waals surface area contributed by atoms with Crippen LogP contribution in [0.15, 0.2) is 0 Å². The van der Waals surface area contributed by atoms with Gasteiger partial charge in [0.1, 0.15) is 0 Å². The number of nitrogens with two attached hydrogens (primary N) is 2. The molecule has 0 aromatic heterocycles. The van der Waals surface area contributed by atoms with Gasteiger partial charge in [0.05, 0.1) is 12.3 Å². The average molecular weight is 342 g/mol. The van der Waals surface area contributed by atoms with E-state index in [1.165, 1.54) is 0 Å². The Hall–Kier alpha value is -1.80. The number of carbonyl (C=O) groups is 4. The lowest BCUT2D eigenvalue weighted by Gasteiger charge is -2.18. The summed E-state index contributed by atoms with van der Waals surface area (Å²) < 4.78 is 0. The number of imide groups is 2. The second-order valence-electron chi connectivity index (χ2n) is 5.76. The maximum atomic E-state index is 11.4. The van der Waals surface area contributed by atoms with Crippen LogP contribution in [0.4, 0.5) is 0 Å². The summed E-state index contributed by atoms with van der Waals surface area (Å²) in [4.78, 5) is 46.7. The van der Waals surface area contributed by atoms with Crippen molar-refractivity contribution in [2.45, 2.75) is 66.7 Å². The van der Waals surface area contributed by atoms with E-state index in [2.05, 4.69) is 0 Å². The zero-order valence-electron chi connectivity index (χ0n) is 15.4. The molecule has 0 aromatic rings. The lowest BCUT2D eigenvalue weighted by molar-refractivity contribution is -0.143. The second kappa shape index (κ2) is 9.48. The average Bonchev–Trinajstić information content (AvgIpc) is 2.95. The Morgan fingerprint density at radius 2 is 1.08 bits per heavy atom. The quantitative estimate of drug-likeness (QED) is 0.699. The second-order valence-corrected chi connectivity index (χ2v) is 5.76. The summed E-state index contributed by atoms with van der Waals surface area (Å²) in [6, 6.07) is 0. The van der Waals surface area contributed by atoms with Crippen molar-refractivity contribution in [1.82, 2.24) is 9.80 Å². The van der Waals surface area contributed by atoms with Crippen LogP contribution in [0.5, 0.6) is 0 Å². The topological polar surface area (TPSA) is 127 Å². The molecule has 2 rings (SSSR count). The van der Waals surface area contributed by atoms with Crippen LogP contribution in [-0.2, 0) is 19.2 Å². The molecular formula is C16H30N4O4. The van der Waals surface area contributed by atoms with Gasteiger partial charge < -0.3 is 11.5 Å². The predicted molar refractivity (Wildman–Crippen MR) is 89.9 cm³/mol. The molecule has 2 aliphatic heterocycles. The van der Waals surface area contributed by atoms with Gasteiger partial charge >= 0.3 is 0 Å². The van der Waals surface area contributed by atoms with Gasteiger partial charge in [0, 0.05) is 24.7 Å². The molecule has 8 heteroatoms. The van der Waals surface area contributed by atoms with E-state index in [9.17, 15) is 19.2 Å². The van der Waals surface area contributed by atoms with Crippen molar-refractivity contribution in [1.29, 1.82) is 0 Å². The number of hydrogen-bond acceptors (Lipinski definition) is 6. The standard InChI is InChI=1S/C8H14N2O2.C6H10N2O2.C2H6/c1-4-5(2)8(12)10(6(3)9)7(4)11;1-4(7)8-5(9)2-3-6(8)10;1-2/h4-6H,9H2,1-3H3;4H,2-3,7H2,1H3;1-2H3/t4-,5+,6?;;. The molecule has 4 atom stereocenters. The molecule has 0 spiro atoms. The van der Waals surface area contributed by atoms with Crippen LogP contribution < -0.4 is 11.5 Å². The maximum absolute atomic E-state index is 11.4. The van der Waals surface area contributed by atoms with Crippen molar-refractivity contribution in [2.75, 3.05) is 0 Å². The van der Waals surface area contributed by atoms with Crippen LogP contribution in [0.2, 0.25) is 0 Å². The van der Waals surface area contributed by atoms with Gasteiger partial charge in [-0.05, 0) is 13.8 Å². The largest absolute Gasteiger partial charge is 0.311 e. The lowest BCUT2D eigenvalue weighted by Crippen LogP contribution is -2.44. The number of rotatable bonds is 2. The summed E-state index contributed by atoms with van der Waals surface area (Å²) in [6.45, 7) is 10.8. The van der Waals surface area contributed by atoms with Crippen LogP contribution in [0.25, 0.3) is 0 Å². The van der Waals surface area contributed by atoms with E-state index in [1.54, 1.807) is 27.7 Å². The molecule has 0 aliphatic carbocycles. The van der Waals surface area contributed by atoms with E-state index in [-0.39, 0.29) is 35.5 Å². The van der Waals surface area contributed by atoms with Crippen molar-refractivity contribution < 1.29 is 19.2 Å². The fourth-order valence-electron chi connectivity index (χ4n) is 2.42. The lowest BCUT2D eigenvalue weighted by atomic mass is 10.00. The first-order valence-corrected chi connectivity index (χ1v) is 8.32. The molecule has 4 amide bonds. The molecule has 2 saturated heterocycles. The van der Waals surface area contributed by atoms with Crippen LogP contribution >= 0.6 is 0 Å². The third-order valence-corrected chi connectivity index (χ3v) is 3.91. The minimum absolute atomic E-state index is 0.150. The molecule has 138 valence electrons. The fraction of sp³-hybridized carbons (Fsp3) is 0.750. The molecular weight excluding hydrogens is 312 g/mol. The van der Waals surface area contributed by atoms with Crippen molar-refractivity contribution in [3.63, 3.8) is 0 Å². The van der Waals surface area contributed by atoms with E-state index in [0.29, 0.717) is 12.8 Å². The number of carbonyl (C=O) groups excluding carboxylic acids is 4. The van der Waals surface area contributed by atoms with Gasteiger partial charge in [-0.2, -0.15) is 0 Å². The molecule has 0 bridgehead atoms. The van der Waals surface area contributed by atoms with E-state index in [1.807, 2.05) is 13.8 Å². The molecule has 2 unspecified atom stereocenters. The molecule has 2 heterocycles.